The Morgan fingerprint density at radius 3 is 2.37 bits per heavy atom. The van der Waals surface area contributed by atoms with E-state index < -0.39 is 10.0 Å². The van der Waals surface area contributed by atoms with Gasteiger partial charge in [0.2, 0.25) is 0 Å². The van der Waals surface area contributed by atoms with Crippen LogP contribution in [0.4, 0.5) is 5.69 Å². The zero-order valence-electron chi connectivity index (χ0n) is 15.1. The van der Waals surface area contributed by atoms with E-state index in [0.717, 1.165) is 4.88 Å². The van der Waals surface area contributed by atoms with Gasteiger partial charge in [0, 0.05) is 24.5 Å². The quantitative estimate of drug-likeness (QED) is 0.632. The van der Waals surface area contributed by atoms with Gasteiger partial charge >= 0.3 is 0 Å². The standard InChI is InChI=1S/C20H20N2O3S2/c1-21(15-18-10-7-13-26-18)20(23)16-8-6-9-17(14-16)22(2)27(24,25)19-11-4-3-5-12-19/h3-14H,15H2,1-2H3. The van der Waals surface area contributed by atoms with Crippen LogP contribution in [-0.4, -0.2) is 33.3 Å². The van der Waals surface area contributed by atoms with Gasteiger partial charge in [-0.25, -0.2) is 8.42 Å². The molecule has 1 amide bonds. The Bertz CT molecular complexity index is 1020. The Kier molecular flexibility index (Phi) is 5.62. The SMILES string of the molecule is CN(Cc1cccs1)C(=O)c1cccc(N(C)S(=O)(=O)c2ccccc2)c1. The van der Waals surface area contributed by atoms with Gasteiger partial charge in [-0.3, -0.25) is 9.10 Å². The summed E-state index contributed by atoms with van der Waals surface area (Å²) in [6.45, 7) is 0.513. The van der Waals surface area contributed by atoms with Crippen molar-refractivity contribution in [2.45, 2.75) is 11.4 Å². The van der Waals surface area contributed by atoms with Crippen molar-refractivity contribution in [3.8, 4) is 0 Å². The number of nitrogens with zero attached hydrogens (tertiary/aromatic N) is 2. The molecule has 0 atom stereocenters. The molecule has 7 heteroatoms. The molecule has 0 aliphatic heterocycles. The number of thiophene rings is 1. The van der Waals surface area contributed by atoms with Gasteiger partial charge < -0.3 is 4.90 Å². The molecule has 3 aromatic rings. The second kappa shape index (κ2) is 7.94. The molecule has 0 unspecified atom stereocenters. The number of sulfonamides is 1. The highest BCUT2D eigenvalue weighted by Crippen LogP contribution is 2.23. The molecule has 0 bridgehead atoms. The number of benzene rings is 2. The fourth-order valence-electron chi connectivity index (χ4n) is 2.65. The van der Waals surface area contributed by atoms with E-state index >= 15 is 0 Å². The minimum Gasteiger partial charge on any atom is -0.337 e. The minimum atomic E-state index is -3.69. The smallest absolute Gasteiger partial charge is 0.264 e. The molecule has 0 fully saturated rings. The summed E-state index contributed by atoms with van der Waals surface area (Å²) in [5.41, 5.74) is 0.885. The van der Waals surface area contributed by atoms with Crippen molar-refractivity contribution >= 4 is 33.0 Å². The highest BCUT2D eigenvalue weighted by atomic mass is 32.2. The Balaban J connectivity index is 1.83. The third-order valence-electron chi connectivity index (χ3n) is 4.18. The van der Waals surface area contributed by atoms with E-state index in [1.54, 1.807) is 77.9 Å². The van der Waals surface area contributed by atoms with E-state index in [-0.39, 0.29) is 10.8 Å². The van der Waals surface area contributed by atoms with Crippen molar-refractivity contribution in [1.29, 1.82) is 0 Å². The summed E-state index contributed by atoms with van der Waals surface area (Å²) in [6, 6.07) is 18.8. The van der Waals surface area contributed by atoms with Gasteiger partial charge in [0.05, 0.1) is 17.1 Å². The van der Waals surface area contributed by atoms with Crippen LogP contribution in [-0.2, 0) is 16.6 Å². The first kappa shape index (κ1) is 19.1. The molecule has 0 spiro atoms. The number of hydrogen-bond acceptors (Lipinski definition) is 4. The molecule has 0 saturated heterocycles. The Morgan fingerprint density at radius 1 is 0.963 bits per heavy atom. The minimum absolute atomic E-state index is 0.157. The van der Waals surface area contributed by atoms with Crippen molar-refractivity contribution < 1.29 is 13.2 Å². The van der Waals surface area contributed by atoms with Crippen LogP contribution >= 0.6 is 11.3 Å². The third-order valence-corrected chi connectivity index (χ3v) is 6.84. The van der Waals surface area contributed by atoms with Crippen LogP contribution in [0, 0.1) is 0 Å². The summed E-state index contributed by atoms with van der Waals surface area (Å²) in [5, 5.41) is 1.97. The van der Waals surface area contributed by atoms with Gasteiger partial charge in [-0.05, 0) is 41.8 Å². The van der Waals surface area contributed by atoms with Gasteiger partial charge in [-0.15, -0.1) is 11.3 Å². The van der Waals surface area contributed by atoms with Crippen molar-refractivity contribution in [1.82, 2.24) is 4.90 Å². The lowest BCUT2D eigenvalue weighted by Gasteiger charge is -2.21. The van der Waals surface area contributed by atoms with E-state index in [0.29, 0.717) is 17.8 Å². The summed E-state index contributed by atoms with van der Waals surface area (Å²) in [6.07, 6.45) is 0. The van der Waals surface area contributed by atoms with E-state index in [4.69, 9.17) is 0 Å². The Labute approximate surface area is 163 Å². The normalized spacial score (nSPS) is 11.2. The number of amides is 1. The van der Waals surface area contributed by atoms with Crippen LogP contribution in [0.15, 0.2) is 77.0 Å². The molecule has 1 heterocycles. The molecule has 5 nitrogen and oxygen atoms in total. The van der Waals surface area contributed by atoms with Gasteiger partial charge in [0.1, 0.15) is 0 Å². The maximum atomic E-state index is 12.8. The summed E-state index contributed by atoms with van der Waals surface area (Å²) < 4.78 is 26.8. The lowest BCUT2D eigenvalue weighted by atomic mass is 10.2. The predicted molar refractivity (Wildman–Crippen MR) is 109 cm³/mol. The van der Waals surface area contributed by atoms with Crippen LogP contribution in [0.25, 0.3) is 0 Å². The highest BCUT2D eigenvalue weighted by Gasteiger charge is 2.22. The lowest BCUT2D eigenvalue weighted by Crippen LogP contribution is -2.28. The maximum Gasteiger partial charge on any atom is 0.264 e. The molecule has 2 aromatic carbocycles. The second-order valence-corrected chi connectivity index (χ2v) is 9.08. The Hall–Kier alpha value is -2.64. The van der Waals surface area contributed by atoms with E-state index in [1.807, 2.05) is 17.5 Å². The van der Waals surface area contributed by atoms with Crippen molar-refractivity contribution in [3.05, 3.63) is 82.6 Å². The van der Waals surface area contributed by atoms with Crippen LogP contribution < -0.4 is 4.31 Å². The largest absolute Gasteiger partial charge is 0.337 e. The van der Waals surface area contributed by atoms with Crippen molar-refractivity contribution in [3.63, 3.8) is 0 Å². The summed E-state index contributed by atoms with van der Waals surface area (Å²) in [4.78, 5) is 15.6. The first-order valence-corrected chi connectivity index (χ1v) is 10.6. The van der Waals surface area contributed by atoms with E-state index in [1.165, 1.54) is 11.4 Å². The van der Waals surface area contributed by atoms with Gasteiger partial charge in [-0.1, -0.05) is 30.3 Å². The number of carbonyl (C=O) groups is 1. The fourth-order valence-corrected chi connectivity index (χ4v) is 4.62. The van der Waals surface area contributed by atoms with Crippen molar-refractivity contribution in [2.24, 2.45) is 0 Å². The molecule has 0 saturated carbocycles. The number of rotatable bonds is 6. The molecule has 27 heavy (non-hydrogen) atoms. The molecular weight excluding hydrogens is 380 g/mol. The maximum absolute atomic E-state index is 12.8. The summed E-state index contributed by atoms with van der Waals surface area (Å²) in [7, 11) is -0.463. The first-order valence-electron chi connectivity index (χ1n) is 8.31. The first-order chi connectivity index (χ1) is 12.9. The van der Waals surface area contributed by atoms with Gasteiger partial charge in [0.25, 0.3) is 15.9 Å². The average molecular weight is 401 g/mol. The van der Waals surface area contributed by atoms with Crippen LogP contribution in [0.3, 0.4) is 0 Å². The lowest BCUT2D eigenvalue weighted by molar-refractivity contribution is 0.0786. The molecule has 0 aliphatic carbocycles. The average Bonchev–Trinajstić information content (AvgIpc) is 3.20. The van der Waals surface area contributed by atoms with Gasteiger partial charge in [-0.2, -0.15) is 0 Å². The van der Waals surface area contributed by atoms with Crippen LogP contribution in [0.5, 0.6) is 0 Å². The topological polar surface area (TPSA) is 57.7 Å². The summed E-state index contributed by atoms with van der Waals surface area (Å²) in [5.74, 6) is -0.157. The monoisotopic (exact) mass is 400 g/mol. The van der Waals surface area contributed by atoms with E-state index in [9.17, 15) is 13.2 Å². The zero-order valence-corrected chi connectivity index (χ0v) is 16.7. The molecule has 140 valence electrons. The van der Waals surface area contributed by atoms with Crippen LogP contribution in [0.2, 0.25) is 0 Å². The number of carbonyl (C=O) groups excluding carboxylic acids is 1. The second-order valence-electron chi connectivity index (χ2n) is 6.08. The number of hydrogen-bond donors (Lipinski definition) is 0. The molecular formula is C20H20N2O3S2. The molecule has 1 aromatic heterocycles. The summed E-state index contributed by atoms with van der Waals surface area (Å²) >= 11 is 1.59. The highest BCUT2D eigenvalue weighted by molar-refractivity contribution is 7.92. The fraction of sp³-hybridized carbons (Fsp3) is 0.150. The number of anilines is 1. The van der Waals surface area contributed by atoms with Crippen molar-refractivity contribution in [2.75, 3.05) is 18.4 Å². The Morgan fingerprint density at radius 2 is 1.70 bits per heavy atom. The van der Waals surface area contributed by atoms with E-state index in [2.05, 4.69) is 0 Å². The predicted octanol–water partition coefficient (Wildman–Crippen LogP) is 3.85. The third kappa shape index (κ3) is 4.20. The molecule has 0 N–H and O–H groups in total. The molecule has 0 aliphatic rings. The van der Waals surface area contributed by atoms with Gasteiger partial charge in [0.15, 0.2) is 0 Å². The molecule has 0 radical (unpaired) electrons. The van der Waals surface area contributed by atoms with Crippen LogP contribution in [0.1, 0.15) is 15.2 Å². The zero-order chi connectivity index (χ0) is 19.4. The molecule has 3 rings (SSSR count).